The highest BCUT2D eigenvalue weighted by Crippen LogP contribution is 2.42. The van der Waals surface area contributed by atoms with Crippen molar-refractivity contribution in [1.82, 2.24) is 15.2 Å². The smallest absolute Gasteiger partial charge is 0.141 e. The van der Waals surface area contributed by atoms with Crippen LogP contribution in [0.5, 0.6) is 0 Å². The van der Waals surface area contributed by atoms with Crippen molar-refractivity contribution in [3.05, 3.63) is 59.2 Å². The number of rotatable bonds is 3. The van der Waals surface area contributed by atoms with E-state index < -0.39 is 6.17 Å². The second kappa shape index (κ2) is 8.26. The number of pyridine rings is 1. The fourth-order valence-electron chi connectivity index (χ4n) is 5.80. The minimum atomic E-state index is -0.861. The van der Waals surface area contributed by atoms with Crippen LogP contribution in [0.2, 0.25) is 0 Å². The van der Waals surface area contributed by atoms with Crippen molar-refractivity contribution < 1.29 is 4.39 Å². The van der Waals surface area contributed by atoms with Crippen LogP contribution in [0.1, 0.15) is 29.7 Å². The van der Waals surface area contributed by atoms with E-state index in [-0.39, 0.29) is 12.1 Å². The van der Waals surface area contributed by atoms with E-state index in [9.17, 15) is 9.65 Å². The summed E-state index contributed by atoms with van der Waals surface area (Å²) in [5.41, 5.74) is 6.33. The Balaban J connectivity index is 1.30. The van der Waals surface area contributed by atoms with Gasteiger partial charge in [0.1, 0.15) is 20.1 Å². The molecule has 8 heteroatoms. The number of fused-ring (bicyclic) bond motifs is 4. The van der Waals surface area contributed by atoms with Crippen LogP contribution in [-0.2, 0) is 6.54 Å². The molecule has 1 aromatic heterocycles. The summed E-state index contributed by atoms with van der Waals surface area (Å²) >= 11 is 0. The van der Waals surface area contributed by atoms with Crippen molar-refractivity contribution in [2.75, 3.05) is 36.4 Å². The van der Waals surface area contributed by atoms with Gasteiger partial charge in [-0.05, 0) is 54.0 Å². The lowest BCUT2D eigenvalue weighted by Gasteiger charge is -2.44. The van der Waals surface area contributed by atoms with E-state index in [0.717, 1.165) is 36.4 Å². The monoisotopic (exact) mass is 452 g/mol. The lowest BCUT2D eigenvalue weighted by atomic mass is 9.98. The molecule has 0 unspecified atom stereocenters. The second-order valence-corrected chi connectivity index (χ2v) is 9.66. The molecule has 3 aliphatic heterocycles. The number of benzene rings is 2. The van der Waals surface area contributed by atoms with Gasteiger partial charge >= 0.3 is 0 Å². The van der Waals surface area contributed by atoms with Crippen molar-refractivity contribution in [2.45, 2.75) is 37.8 Å². The van der Waals surface area contributed by atoms with Crippen LogP contribution in [-0.4, -0.2) is 62.2 Å². The number of nitrogens with zero attached hydrogens (tertiary/aromatic N) is 4. The zero-order chi connectivity index (χ0) is 23.4. The Morgan fingerprint density at radius 3 is 2.85 bits per heavy atom. The average Bonchev–Trinajstić information content (AvgIpc) is 3.41. The highest BCUT2D eigenvalue weighted by Gasteiger charge is 2.39. The number of nitrogens with one attached hydrogen (secondary N) is 2. The maximum absolute atomic E-state index is 14.1. The highest BCUT2D eigenvalue weighted by molar-refractivity contribution is 6.31. The van der Waals surface area contributed by atoms with Gasteiger partial charge in [-0.2, -0.15) is 5.26 Å². The van der Waals surface area contributed by atoms with Crippen molar-refractivity contribution in [3.8, 4) is 6.07 Å². The molecule has 34 heavy (non-hydrogen) atoms. The molecule has 2 N–H and O–H groups in total. The van der Waals surface area contributed by atoms with Gasteiger partial charge in [-0.25, -0.2) is 4.39 Å². The normalized spacial score (nSPS) is 26.3. The molecule has 0 saturated carbocycles. The predicted molar refractivity (Wildman–Crippen MR) is 133 cm³/mol. The van der Waals surface area contributed by atoms with Gasteiger partial charge in [0.2, 0.25) is 0 Å². The number of anilines is 2. The number of hydrogen-bond donors (Lipinski definition) is 2. The third kappa shape index (κ3) is 3.51. The number of hydrogen-bond acceptors (Lipinski definition) is 6. The molecular formula is C26H26BFN6. The summed E-state index contributed by atoms with van der Waals surface area (Å²) in [6.45, 7) is 5.98. The summed E-state index contributed by atoms with van der Waals surface area (Å²) in [5, 5.41) is 17.0. The quantitative estimate of drug-likeness (QED) is 0.595. The van der Waals surface area contributed by atoms with Crippen LogP contribution < -0.4 is 21.1 Å². The molecule has 2 radical (unpaired) electrons. The number of aromatic nitrogens is 1. The molecule has 4 heterocycles. The molecule has 0 bridgehead atoms. The zero-order valence-corrected chi connectivity index (χ0v) is 19.1. The van der Waals surface area contributed by atoms with Crippen LogP contribution in [0, 0.1) is 11.3 Å². The Kier molecular flexibility index (Phi) is 5.20. The van der Waals surface area contributed by atoms with Crippen LogP contribution in [0.25, 0.3) is 10.9 Å². The van der Waals surface area contributed by atoms with Crippen molar-refractivity contribution in [3.63, 3.8) is 0 Å². The Labute approximate surface area is 200 Å². The first kappa shape index (κ1) is 21.4. The largest absolute Gasteiger partial charge is 0.378 e. The molecule has 0 spiro atoms. The van der Waals surface area contributed by atoms with Crippen LogP contribution in [0.4, 0.5) is 15.8 Å². The van der Waals surface area contributed by atoms with Crippen molar-refractivity contribution in [1.29, 1.82) is 5.26 Å². The summed E-state index contributed by atoms with van der Waals surface area (Å²) in [7, 11) is 5.92. The minimum absolute atomic E-state index is 0.177. The van der Waals surface area contributed by atoms with E-state index in [1.54, 1.807) is 6.07 Å². The summed E-state index contributed by atoms with van der Waals surface area (Å²) in [6, 6.07) is 16.8. The lowest BCUT2D eigenvalue weighted by molar-refractivity contribution is 0.134. The molecule has 2 saturated heterocycles. The predicted octanol–water partition coefficient (Wildman–Crippen LogP) is 2.39. The molecule has 0 amide bonds. The molecule has 2 aromatic carbocycles. The number of piperazine rings is 1. The van der Waals surface area contributed by atoms with E-state index in [1.165, 1.54) is 11.1 Å². The maximum Gasteiger partial charge on any atom is 0.141 e. The van der Waals surface area contributed by atoms with Gasteiger partial charge in [-0.15, -0.1) is 0 Å². The van der Waals surface area contributed by atoms with Crippen molar-refractivity contribution >= 4 is 35.7 Å². The van der Waals surface area contributed by atoms with Crippen LogP contribution >= 0.6 is 0 Å². The number of nitriles is 1. The highest BCUT2D eigenvalue weighted by atomic mass is 19.1. The summed E-state index contributed by atoms with van der Waals surface area (Å²) in [5.74, 6) is 0. The van der Waals surface area contributed by atoms with Gasteiger partial charge in [-0.1, -0.05) is 12.1 Å². The maximum atomic E-state index is 14.1. The molecule has 3 aromatic rings. The first-order valence-electron chi connectivity index (χ1n) is 11.9. The van der Waals surface area contributed by atoms with E-state index in [1.807, 2.05) is 18.2 Å². The fraction of sp³-hybridized carbons (Fsp3) is 0.385. The second-order valence-electron chi connectivity index (χ2n) is 9.66. The fourth-order valence-corrected chi connectivity index (χ4v) is 5.80. The molecule has 0 aliphatic carbocycles. The third-order valence-electron chi connectivity index (χ3n) is 7.51. The SMILES string of the molecule is [B]c1ccc2c(N3C[C@@H](C)N4Cc5cc(N[C@H]6CNC[C@H]6F)ccc5[C@H]4C3)ccc(C#N)c2n1. The van der Waals surface area contributed by atoms with Gasteiger partial charge in [0.05, 0.1) is 23.2 Å². The molecular weight excluding hydrogens is 426 g/mol. The zero-order valence-electron chi connectivity index (χ0n) is 19.1. The number of alkyl halides is 1. The van der Waals surface area contributed by atoms with Crippen molar-refractivity contribution in [2.24, 2.45) is 0 Å². The Morgan fingerprint density at radius 1 is 1.18 bits per heavy atom. The molecule has 6 rings (SSSR count). The Bertz CT molecular complexity index is 1310. The third-order valence-corrected chi connectivity index (χ3v) is 7.51. The van der Waals surface area contributed by atoms with Gasteiger partial charge < -0.3 is 15.5 Å². The number of halogens is 1. The first-order chi connectivity index (χ1) is 16.5. The van der Waals surface area contributed by atoms with E-state index in [4.69, 9.17) is 7.85 Å². The van der Waals surface area contributed by atoms with E-state index in [0.29, 0.717) is 35.8 Å². The van der Waals surface area contributed by atoms with Gasteiger partial charge in [0.15, 0.2) is 0 Å². The van der Waals surface area contributed by atoms with Gasteiger partial charge in [-0.3, -0.25) is 9.88 Å². The summed E-state index contributed by atoms with van der Waals surface area (Å²) < 4.78 is 14.1. The first-order valence-corrected chi connectivity index (χ1v) is 11.9. The van der Waals surface area contributed by atoms with Gasteiger partial charge in [0, 0.05) is 55.5 Å². The molecule has 2 fully saturated rings. The molecule has 6 nitrogen and oxygen atoms in total. The Morgan fingerprint density at radius 2 is 2.06 bits per heavy atom. The molecule has 3 aliphatic rings. The lowest BCUT2D eigenvalue weighted by Crippen LogP contribution is -2.51. The topological polar surface area (TPSA) is 67.2 Å². The van der Waals surface area contributed by atoms with Crippen LogP contribution in [0.3, 0.4) is 0 Å². The minimum Gasteiger partial charge on any atom is -0.378 e. The van der Waals surface area contributed by atoms with E-state index >= 15 is 0 Å². The Hall–Kier alpha value is -3.15. The molecule has 4 atom stereocenters. The standard InChI is InChI=1S/C26H26BFN6/c1-15-12-33(23-6-2-16(9-29)26-20(23)5-7-25(27)32-26)14-24-19-4-3-18(8-17(19)13-34(15)24)31-22-11-30-10-21(22)28/h2-8,15,21-22,24,30-31H,10-14H2,1H3/t15-,21-,22+,24-/m1/s1. The molecule has 170 valence electrons. The average molecular weight is 452 g/mol. The van der Waals surface area contributed by atoms with E-state index in [2.05, 4.69) is 56.6 Å². The summed E-state index contributed by atoms with van der Waals surface area (Å²) in [6.07, 6.45) is -0.861. The van der Waals surface area contributed by atoms with Crippen LogP contribution in [0.15, 0.2) is 42.5 Å². The van der Waals surface area contributed by atoms with Gasteiger partial charge in [0.25, 0.3) is 0 Å². The summed E-state index contributed by atoms with van der Waals surface area (Å²) in [4.78, 5) is 9.43.